The Kier molecular flexibility index (Phi) is 3.60. The van der Waals surface area contributed by atoms with E-state index >= 15 is 0 Å². The summed E-state index contributed by atoms with van der Waals surface area (Å²) in [5, 5.41) is 0. The third kappa shape index (κ3) is 2.37. The van der Waals surface area contributed by atoms with Crippen LogP contribution in [0.2, 0.25) is 0 Å². The van der Waals surface area contributed by atoms with Crippen LogP contribution < -0.4 is 5.73 Å². The van der Waals surface area contributed by atoms with Gasteiger partial charge in [-0.1, -0.05) is 0 Å². The summed E-state index contributed by atoms with van der Waals surface area (Å²) in [5.74, 6) is 0.592. The van der Waals surface area contributed by atoms with Crippen molar-refractivity contribution in [1.82, 2.24) is 0 Å². The van der Waals surface area contributed by atoms with Gasteiger partial charge < -0.3 is 10.5 Å². The van der Waals surface area contributed by atoms with E-state index in [1.54, 1.807) is 11.3 Å². The summed E-state index contributed by atoms with van der Waals surface area (Å²) >= 11 is 5.20. The lowest BCUT2D eigenvalue weighted by atomic mass is 9.91. The number of hydrogen-bond donors (Lipinski definition) is 1. The van der Waals surface area contributed by atoms with E-state index in [4.69, 9.17) is 10.5 Å². The van der Waals surface area contributed by atoms with Crippen LogP contribution >= 0.6 is 27.3 Å². The lowest BCUT2D eigenvalue weighted by Crippen LogP contribution is -2.26. The van der Waals surface area contributed by atoms with Crippen molar-refractivity contribution >= 4 is 27.3 Å². The molecular formula is C10H14BrNOS. The SMILES string of the molecule is NC(c1ccc(Br)s1)C1CCOCC1. The van der Waals surface area contributed by atoms with E-state index < -0.39 is 0 Å². The minimum Gasteiger partial charge on any atom is -0.381 e. The maximum absolute atomic E-state index is 6.22. The molecule has 1 aromatic heterocycles. The van der Waals surface area contributed by atoms with Crippen LogP contribution in [-0.4, -0.2) is 13.2 Å². The molecule has 1 unspecified atom stereocenters. The van der Waals surface area contributed by atoms with E-state index in [-0.39, 0.29) is 6.04 Å². The van der Waals surface area contributed by atoms with E-state index in [1.807, 2.05) is 0 Å². The van der Waals surface area contributed by atoms with E-state index in [0.29, 0.717) is 5.92 Å². The Morgan fingerprint density at radius 1 is 1.43 bits per heavy atom. The van der Waals surface area contributed by atoms with Gasteiger partial charge in [-0.05, 0) is 46.8 Å². The Morgan fingerprint density at radius 3 is 2.71 bits per heavy atom. The smallest absolute Gasteiger partial charge is 0.0701 e. The van der Waals surface area contributed by atoms with Crippen molar-refractivity contribution in [2.75, 3.05) is 13.2 Å². The normalized spacial score (nSPS) is 21.0. The van der Waals surface area contributed by atoms with Gasteiger partial charge in [0.25, 0.3) is 0 Å². The minimum absolute atomic E-state index is 0.190. The molecule has 0 amide bonds. The van der Waals surface area contributed by atoms with Crippen molar-refractivity contribution in [3.05, 3.63) is 20.8 Å². The quantitative estimate of drug-likeness (QED) is 0.901. The molecule has 14 heavy (non-hydrogen) atoms. The van der Waals surface area contributed by atoms with Gasteiger partial charge >= 0.3 is 0 Å². The molecular weight excluding hydrogens is 262 g/mol. The third-order valence-electron chi connectivity index (χ3n) is 2.70. The van der Waals surface area contributed by atoms with Gasteiger partial charge in [-0.3, -0.25) is 0 Å². The molecule has 1 atom stereocenters. The molecule has 78 valence electrons. The van der Waals surface area contributed by atoms with Crippen LogP contribution in [0.1, 0.15) is 23.8 Å². The molecule has 2 N–H and O–H groups in total. The first-order chi connectivity index (χ1) is 6.77. The first-order valence-corrected chi connectivity index (χ1v) is 6.47. The number of rotatable bonds is 2. The lowest BCUT2D eigenvalue weighted by Gasteiger charge is -2.26. The highest BCUT2D eigenvalue weighted by molar-refractivity contribution is 9.11. The molecule has 1 fully saturated rings. The first-order valence-electron chi connectivity index (χ1n) is 4.86. The van der Waals surface area contributed by atoms with Crippen LogP contribution in [0.5, 0.6) is 0 Å². The van der Waals surface area contributed by atoms with Crippen LogP contribution in [0.3, 0.4) is 0 Å². The van der Waals surface area contributed by atoms with E-state index in [0.717, 1.165) is 29.8 Å². The van der Waals surface area contributed by atoms with Crippen LogP contribution in [0.4, 0.5) is 0 Å². The second-order valence-electron chi connectivity index (χ2n) is 3.62. The number of halogens is 1. The average Bonchev–Trinajstić information content (AvgIpc) is 2.65. The van der Waals surface area contributed by atoms with Crippen LogP contribution in [-0.2, 0) is 4.74 Å². The molecule has 1 aromatic rings. The topological polar surface area (TPSA) is 35.2 Å². The summed E-state index contributed by atoms with van der Waals surface area (Å²) in [6.45, 7) is 1.73. The lowest BCUT2D eigenvalue weighted by molar-refractivity contribution is 0.0587. The Bertz CT molecular complexity index is 296. The predicted molar refractivity (Wildman–Crippen MR) is 62.5 cm³/mol. The van der Waals surface area contributed by atoms with Gasteiger partial charge in [-0.25, -0.2) is 0 Å². The van der Waals surface area contributed by atoms with Crippen molar-refractivity contribution in [3.63, 3.8) is 0 Å². The molecule has 0 saturated carbocycles. The molecule has 4 heteroatoms. The zero-order chi connectivity index (χ0) is 9.97. The van der Waals surface area contributed by atoms with Gasteiger partial charge in [-0.2, -0.15) is 0 Å². The fourth-order valence-electron chi connectivity index (χ4n) is 1.81. The van der Waals surface area contributed by atoms with Gasteiger partial charge in [0, 0.05) is 24.1 Å². The van der Waals surface area contributed by atoms with Crippen molar-refractivity contribution in [3.8, 4) is 0 Å². The Hall–Kier alpha value is 0.1000. The minimum atomic E-state index is 0.190. The summed E-state index contributed by atoms with van der Waals surface area (Å²) in [6.07, 6.45) is 2.19. The summed E-state index contributed by atoms with van der Waals surface area (Å²) in [4.78, 5) is 1.28. The number of ether oxygens (including phenoxy) is 1. The highest BCUT2D eigenvalue weighted by atomic mass is 79.9. The molecule has 1 saturated heterocycles. The second-order valence-corrected chi connectivity index (χ2v) is 6.11. The average molecular weight is 276 g/mol. The van der Waals surface area contributed by atoms with Gasteiger partial charge in [0.2, 0.25) is 0 Å². The second kappa shape index (κ2) is 4.75. The van der Waals surface area contributed by atoms with Gasteiger partial charge in [-0.15, -0.1) is 11.3 Å². The maximum Gasteiger partial charge on any atom is 0.0701 e. The molecule has 2 nitrogen and oxygen atoms in total. The predicted octanol–water partition coefficient (Wildman–Crippen LogP) is 2.94. The largest absolute Gasteiger partial charge is 0.381 e. The van der Waals surface area contributed by atoms with Crippen molar-refractivity contribution < 1.29 is 4.74 Å². The Labute approximate surface area is 96.6 Å². The van der Waals surface area contributed by atoms with E-state index in [2.05, 4.69) is 28.1 Å². The first kappa shape index (κ1) is 10.6. The van der Waals surface area contributed by atoms with Crippen LogP contribution in [0, 0.1) is 5.92 Å². The monoisotopic (exact) mass is 275 g/mol. The van der Waals surface area contributed by atoms with Crippen molar-refractivity contribution in [1.29, 1.82) is 0 Å². The number of thiophene rings is 1. The summed E-state index contributed by atoms with van der Waals surface area (Å²) < 4.78 is 6.49. The number of hydrogen-bond acceptors (Lipinski definition) is 3. The number of nitrogens with two attached hydrogens (primary N) is 1. The maximum atomic E-state index is 6.22. The van der Waals surface area contributed by atoms with Crippen LogP contribution in [0.15, 0.2) is 15.9 Å². The molecule has 0 aliphatic carbocycles. The van der Waals surface area contributed by atoms with Crippen molar-refractivity contribution in [2.45, 2.75) is 18.9 Å². The fourth-order valence-corrected chi connectivity index (χ4v) is 3.33. The molecule has 0 spiro atoms. The fraction of sp³-hybridized carbons (Fsp3) is 0.600. The zero-order valence-corrected chi connectivity index (χ0v) is 10.3. The van der Waals surface area contributed by atoms with Gasteiger partial charge in [0.15, 0.2) is 0 Å². The molecule has 1 aliphatic rings. The zero-order valence-electron chi connectivity index (χ0n) is 7.91. The molecule has 0 bridgehead atoms. The van der Waals surface area contributed by atoms with E-state index in [9.17, 15) is 0 Å². The molecule has 0 radical (unpaired) electrons. The Balaban J connectivity index is 2.03. The summed E-state index contributed by atoms with van der Waals surface area (Å²) in [7, 11) is 0. The molecule has 1 aliphatic heterocycles. The summed E-state index contributed by atoms with van der Waals surface area (Å²) in [6, 6.07) is 4.38. The van der Waals surface area contributed by atoms with Gasteiger partial charge in [0.05, 0.1) is 3.79 Å². The third-order valence-corrected chi connectivity index (χ3v) is 4.42. The molecule has 2 rings (SSSR count). The van der Waals surface area contributed by atoms with Crippen LogP contribution in [0.25, 0.3) is 0 Å². The highest BCUT2D eigenvalue weighted by Crippen LogP contribution is 2.33. The van der Waals surface area contributed by atoms with Crippen molar-refractivity contribution in [2.24, 2.45) is 11.7 Å². The van der Waals surface area contributed by atoms with E-state index in [1.165, 1.54) is 4.88 Å². The summed E-state index contributed by atoms with van der Waals surface area (Å²) in [5.41, 5.74) is 6.22. The standard InChI is InChI=1S/C10H14BrNOS/c11-9-2-1-8(14-9)10(12)7-3-5-13-6-4-7/h1-2,7,10H,3-6,12H2. The Morgan fingerprint density at radius 2 is 2.14 bits per heavy atom. The van der Waals surface area contributed by atoms with Gasteiger partial charge in [0.1, 0.15) is 0 Å². The molecule has 0 aromatic carbocycles. The molecule has 2 heterocycles. The highest BCUT2D eigenvalue weighted by Gasteiger charge is 2.23.